The average molecular weight is 405 g/mol. The molecule has 1 heterocycles. The van der Waals surface area contributed by atoms with Gasteiger partial charge in [0.15, 0.2) is 0 Å². The Bertz CT molecular complexity index is 459. The molecule has 1 aliphatic heterocycles. The van der Waals surface area contributed by atoms with Gasteiger partial charge < -0.3 is 24.8 Å². The Morgan fingerprint density at radius 3 is 2.67 bits per heavy atom. The Kier molecular flexibility index (Phi) is 12.7. The number of methoxy groups -OCH3 is 1. The molecule has 9 heteroatoms. The summed E-state index contributed by atoms with van der Waals surface area (Å²) in [6, 6.07) is -0.658. The fourth-order valence-corrected chi connectivity index (χ4v) is 3.15. The van der Waals surface area contributed by atoms with Crippen LogP contribution in [0.1, 0.15) is 45.4 Å². The zero-order valence-electron chi connectivity index (χ0n) is 16.3. The Balaban J connectivity index is 2.32. The van der Waals surface area contributed by atoms with Crippen LogP contribution in [0.4, 0.5) is 4.79 Å². The maximum atomic E-state index is 12.4. The molecular formula is C18H32N2O6S. The highest BCUT2D eigenvalue weighted by molar-refractivity contribution is 7.99. The summed E-state index contributed by atoms with van der Waals surface area (Å²) in [7, 11) is 1.36. The van der Waals surface area contributed by atoms with Crippen LogP contribution in [-0.4, -0.2) is 68.5 Å². The predicted molar refractivity (Wildman–Crippen MR) is 104 cm³/mol. The molecule has 0 radical (unpaired) electrons. The van der Waals surface area contributed by atoms with Gasteiger partial charge in [-0.3, -0.25) is 9.59 Å². The van der Waals surface area contributed by atoms with Gasteiger partial charge in [-0.2, -0.15) is 11.8 Å². The van der Waals surface area contributed by atoms with Crippen molar-refractivity contribution in [1.29, 1.82) is 0 Å². The molecule has 8 nitrogen and oxygen atoms in total. The van der Waals surface area contributed by atoms with Crippen LogP contribution in [0.5, 0.6) is 0 Å². The first kappa shape index (κ1) is 23.6. The van der Waals surface area contributed by atoms with Crippen molar-refractivity contribution >= 4 is 29.7 Å². The van der Waals surface area contributed by atoms with Gasteiger partial charge in [-0.1, -0.05) is 26.2 Å². The quantitative estimate of drug-likeness (QED) is 0.244. The highest BCUT2D eigenvalue weighted by Crippen LogP contribution is 2.10. The standard InChI is InChI=1S/C18H32N2O6S/c1-3-4-5-6-9-19-17(22)15(7-10-27-11-8-16(21)24-2)20-18(23)26-13-14-12-25-14/h14-15H,3-13H2,1-2H3,(H,19,22)(H,20,23). The molecule has 0 spiro atoms. The third-order valence-electron chi connectivity index (χ3n) is 3.97. The van der Waals surface area contributed by atoms with Gasteiger partial charge >= 0.3 is 12.1 Å². The van der Waals surface area contributed by atoms with E-state index in [0.29, 0.717) is 37.5 Å². The fraction of sp³-hybridized carbons (Fsp3) is 0.833. The number of epoxide rings is 1. The highest BCUT2D eigenvalue weighted by Gasteiger charge is 2.26. The van der Waals surface area contributed by atoms with Crippen molar-refractivity contribution in [3.8, 4) is 0 Å². The number of esters is 1. The number of carbonyl (C=O) groups excluding carboxylic acids is 3. The Labute approximate surface area is 165 Å². The lowest BCUT2D eigenvalue weighted by atomic mass is 10.2. The lowest BCUT2D eigenvalue weighted by Gasteiger charge is -2.18. The van der Waals surface area contributed by atoms with E-state index in [-0.39, 0.29) is 24.6 Å². The van der Waals surface area contributed by atoms with Gasteiger partial charge in [0.2, 0.25) is 5.91 Å². The van der Waals surface area contributed by atoms with Crippen LogP contribution >= 0.6 is 11.8 Å². The van der Waals surface area contributed by atoms with Gasteiger partial charge in [0.25, 0.3) is 0 Å². The minimum absolute atomic E-state index is 0.0181. The summed E-state index contributed by atoms with van der Waals surface area (Å²) in [6.45, 7) is 3.53. The summed E-state index contributed by atoms with van der Waals surface area (Å²) in [5.74, 6) is 0.783. The van der Waals surface area contributed by atoms with Gasteiger partial charge in [-0.25, -0.2) is 4.79 Å². The molecule has 0 aliphatic carbocycles. The van der Waals surface area contributed by atoms with Crippen LogP contribution < -0.4 is 10.6 Å². The van der Waals surface area contributed by atoms with Crippen molar-refractivity contribution < 1.29 is 28.6 Å². The van der Waals surface area contributed by atoms with Crippen molar-refractivity contribution in [2.75, 3.05) is 38.4 Å². The molecule has 27 heavy (non-hydrogen) atoms. The van der Waals surface area contributed by atoms with E-state index in [0.717, 1.165) is 25.7 Å². The largest absolute Gasteiger partial charge is 0.469 e. The van der Waals surface area contributed by atoms with E-state index in [1.165, 1.54) is 7.11 Å². The third-order valence-corrected chi connectivity index (χ3v) is 4.99. The summed E-state index contributed by atoms with van der Waals surface area (Å²) >= 11 is 1.54. The molecule has 0 aromatic carbocycles. The first-order chi connectivity index (χ1) is 13.1. The second-order valence-corrected chi connectivity index (χ2v) is 7.55. The number of thioether (sulfide) groups is 1. The van der Waals surface area contributed by atoms with Crippen molar-refractivity contribution in [3.05, 3.63) is 0 Å². The van der Waals surface area contributed by atoms with E-state index in [1.54, 1.807) is 11.8 Å². The van der Waals surface area contributed by atoms with E-state index in [2.05, 4.69) is 22.3 Å². The lowest BCUT2D eigenvalue weighted by molar-refractivity contribution is -0.140. The van der Waals surface area contributed by atoms with Gasteiger partial charge in [-0.15, -0.1) is 0 Å². The zero-order chi connectivity index (χ0) is 19.9. The van der Waals surface area contributed by atoms with Crippen molar-refractivity contribution in [1.82, 2.24) is 10.6 Å². The van der Waals surface area contributed by atoms with Crippen molar-refractivity contribution in [2.24, 2.45) is 0 Å². The Morgan fingerprint density at radius 1 is 1.22 bits per heavy atom. The van der Waals surface area contributed by atoms with Crippen LogP contribution in [0, 0.1) is 0 Å². The number of amides is 2. The topological polar surface area (TPSA) is 106 Å². The Hall–Kier alpha value is -1.48. The summed E-state index contributed by atoms with van der Waals surface area (Å²) in [5, 5.41) is 5.50. The number of alkyl carbamates (subject to hydrolysis) is 1. The van der Waals surface area contributed by atoms with Crippen LogP contribution in [0.25, 0.3) is 0 Å². The van der Waals surface area contributed by atoms with Crippen molar-refractivity contribution in [3.63, 3.8) is 0 Å². The van der Waals surface area contributed by atoms with Gasteiger partial charge in [-0.05, 0) is 18.6 Å². The molecule has 2 N–H and O–H groups in total. The molecular weight excluding hydrogens is 372 g/mol. The maximum absolute atomic E-state index is 12.4. The molecule has 0 bridgehead atoms. The zero-order valence-corrected chi connectivity index (χ0v) is 17.1. The molecule has 2 unspecified atom stereocenters. The molecule has 2 atom stereocenters. The molecule has 156 valence electrons. The minimum atomic E-state index is -0.658. The fourth-order valence-electron chi connectivity index (χ4n) is 2.23. The molecule has 1 aliphatic rings. The first-order valence-electron chi connectivity index (χ1n) is 9.54. The summed E-state index contributed by atoms with van der Waals surface area (Å²) < 4.78 is 14.6. The average Bonchev–Trinajstić information content (AvgIpc) is 3.49. The minimum Gasteiger partial charge on any atom is -0.469 e. The van der Waals surface area contributed by atoms with Crippen LogP contribution in [0.2, 0.25) is 0 Å². The van der Waals surface area contributed by atoms with Crippen LogP contribution in [-0.2, 0) is 23.8 Å². The van der Waals surface area contributed by atoms with E-state index in [9.17, 15) is 14.4 Å². The number of ether oxygens (including phenoxy) is 3. The summed E-state index contributed by atoms with van der Waals surface area (Å²) in [5.41, 5.74) is 0. The number of nitrogens with one attached hydrogen (secondary N) is 2. The van der Waals surface area contributed by atoms with Gasteiger partial charge in [0.05, 0.1) is 20.1 Å². The second-order valence-electron chi connectivity index (χ2n) is 6.33. The predicted octanol–water partition coefficient (Wildman–Crippen LogP) is 1.86. The van der Waals surface area contributed by atoms with Gasteiger partial charge in [0.1, 0.15) is 18.8 Å². The molecule has 1 saturated heterocycles. The lowest BCUT2D eigenvalue weighted by Crippen LogP contribution is -2.47. The molecule has 0 aromatic rings. The number of hydrogen-bond donors (Lipinski definition) is 2. The number of carbonyl (C=O) groups is 3. The monoisotopic (exact) mass is 404 g/mol. The number of hydrogen-bond acceptors (Lipinski definition) is 7. The van der Waals surface area contributed by atoms with E-state index in [1.807, 2.05) is 0 Å². The molecule has 2 amide bonds. The van der Waals surface area contributed by atoms with E-state index < -0.39 is 12.1 Å². The molecule has 0 aromatic heterocycles. The SMILES string of the molecule is CCCCCCNC(=O)C(CCSCCC(=O)OC)NC(=O)OCC1CO1. The highest BCUT2D eigenvalue weighted by atomic mass is 32.2. The van der Waals surface area contributed by atoms with Crippen LogP contribution in [0.3, 0.4) is 0 Å². The Morgan fingerprint density at radius 2 is 2.00 bits per heavy atom. The molecule has 1 fully saturated rings. The number of rotatable bonds is 15. The van der Waals surface area contributed by atoms with E-state index >= 15 is 0 Å². The van der Waals surface area contributed by atoms with Crippen LogP contribution in [0.15, 0.2) is 0 Å². The molecule has 0 saturated carbocycles. The summed E-state index contributed by atoms with van der Waals surface area (Å²) in [4.78, 5) is 35.4. The van der Waals surface area contributed by atoms with Crippen molar-refractivity contribution in [2.45, 2.75) is 57.6 Å². The van der Waals surface area contributed by atoms with E-state index in [4.69, 9.17) is 9.47 Å². The molecule has 1 rings (SSSR count). The van der Waals surface area contributed by atoms with Gasteiger partial charge in [0, 0.05) is 12.3 Å². The smallest absolute Gasteiger partial charge is 0.407 e. The summed E-state index contributed by atoms with van der Waals surface area (Å²) in [6.07, 6.45) is 4.42. The number of unbranched alkanes of at least 4 members (excludes halogenated alkanes) is 3. The normalized spacial score (nSPS) is 16.3. The maximum Gasteiger partial charge on any atom is 0.407 e. The second kappa shape index (κ2) is 14.6. The first-order valence-corrected chi connectivity index (χ1v) is 10.7. The third kappa shape index (κ3) is 12.5.